The molecule has 3 fully saturated rings. The average Bonchev–Trinajstić information content (AvgIpc) is 3.69. The molecule has 0 bridgehead atoms. The molecule has 0 spiro atoms. The number of nitrogens with zero attached hydrogens (tertiary/aromatic N) is 3. The van der Waals surface area contributed by atoms with Crippen LogP contribution in [0.3, 0.4) is 0 Å². The van der Waals surface area contributed by atoms with E-state index in [1.165, 1.54) is 46.0 Å². The number of aromatic nitrogens is 3. The second-order valence-electron chi connectivity index (χ2n) is 18.8. The van der Waals surface area contributed by atoms with Gasteiger partial charge in [-0.2, -0.15) is 0 Å². The van der Waals surface area contributed by atoms with Crippen molar-refractivity contribution in [1.82, 2.24) is 15.0 Å². The second-order valence-corrected chi connectivity index (χ2v) is 19.2. The van der Waals surface area contributed by atoms with Crippen LogP contribution in [-0.2, 0) is 46.9 Å². The molecule has 69 heavy (non-hydrogen) atoms. The Bertz CT molecular complexity index is 2180. The molecular weight excluding hydrogens is 944 g/mol. The van der Waals surface area contributed by atoms with Crippen molar-refractivity contribution >= 4 is 74.7 Å². The van der Waals surface area contributed by atoms with Gasteiger partial charge in [-0.25, -0.2) is 14.4 Å². The Morgan fingerprint density at radius 3 is 1.19 bits per heavy atom. The zero-order chi connectivity index (χ0) is 52.5. The molecule has 25 heteroatoms. The van der Waals surface area contributed by atoms with Gasteiger partial charge in [0.15, 0.2) is 0 Å². The molecule has 0 aromatic carbocycles. The number of aryl methyl sites for hydroxylation is 3. The van der Waals surface area contributed by atoms with Gasteiger partial charge in [-0.1, -0.05) is 11.6 Å². The smallest absolute Gasteiger partial charge is 0.481 e. The van der Waals surface area contributed by atoms with Gasteiger partial charge in [0.05, 0.1) is 76.6 Å². The molecule has 372 valence electrons. The maximum absolute atomic E-state index is 11.9. The second kappa shape index (κ2) is 25.7. The molecule has 0 saturated carbocycles. The summed E-state index contributed by atoms with van der Waals surface area (Å²) in [5, 5.41) is 25.8. The van der Waals surface area contributed by atoms with E-state index in [-0.39, 0.29) is 84.8 Å². The molecule has 3 saturated heterocycles. The number of carboxylic acid groups (broad SMARTS) is 1. The van der Waals surface area contributed by atoms with Crippen LogP contribution >= 0.6 is 11.6 Å². The maximum Gasteiger partial charge on any atom is 1.00 e. The van der Waals surface area contributed by atoms with Gasteiger partial charge < -0.3 is 57.3 Å². The van der Waals surface area contributed by atoms with E-state index in [2.05, 4.69) is 24.4 Å². The van der Waals surface area contributed by atoms with Gasteiger partial charge in [-0.3, -0.25) is 19.7 Å². The van der Waals surface area contributed by atoms with Crippen molar-refractivity contribution in [2.45, 2.75) is 144 Å². The molecular formula is C44H66B4ClKN3O16+. The Morgan fingerprint density at radius 1 is 0.551 bits per heavy atom. The van der Waals surface area contributed by atoms with Gasteiger partial charge in [0, 0.05) is 48.1 Å². The van der Waals surface area contributed by atoms with Gasteiger partial charge >= 0.3 is 97.5 Å². The molecule has 0 atom stereocenters. The Hall–Kier alpha value is -2.80. The van der Waals surface area contributed by atoms with Crippen LogP contribution in [0.1, 0.15) is 138 Å². The van der Waals surface area contributed by atoms with Crippen molar-refractivity contribution in [1.29, 1.82) is 0 Å². The predicted molar refractivity (Wildman–Crippen MR) is 257 cm³/mol. The summed E-state index contributed by atoms with van der Waals surface area (Å²) in [5.74, 6) is -2.38. The number of aliphatic carboxylic acids is 1. The van der Waals surface area contributed by atoms with Gasteiger partial charge in [0.1, 0.15) is 0 Å². The van der Waals surface area contributed by atoms with Crippen LogP contribution in [0.5, 0.6) is 0 Å². The standard InChI is InChI=1S/C14H20BNO4.C12H24B2O4.C8H10BNO4.C8H8ClNO2.C2H4O2.K/c1-9-7-11(10(8-16-9)12(17)18-6)15-19-13(2,3)14(4,5)20-15;1-9(2)10(3,4)16-13(15-9)14-17-11(5,6)12(7,8)18-14;1-5-3-7(9(12)13)6(4-10-5)8(11)14-2;1-5-3-7(9)6(4-10-5)8(11)12-2;1-2(3)4;/h7-8H,1-6H3;1-8H3;3-4,12-13H,1-2H3;3-4H,1-2H3;1H3,(H,3,4);/q;;;;;+1. The topological polar surface area (TPSA) is 251 Å². The zero-order valence-electron chi connectivity index (χ0n) is 43.6. The van der Waals surface area contributed by atoms with E-state index in [4.69, 9.17) is 64.2 Å². The van der Waals surface area contributed by atoms with Crippen molar-refractivity contribution in [2.24, 2.45) is 0 Å². The number of carbonyl (C=O) groups excluding carboxylic acids is 3. The normalized spacial score (nSPS) is 18.1. The summed E-state index contributed by atoms with van der Waals surface area (Å²) in [6.07, 6.45) is 4.17. The number of carboxylic acids is 1. The summed E-state index contributed by atoms with van der Waals surface area (Å²) in [6.45, 7) is 30.5. The van der Waals surface area contributed by atoms with Crippen LogP contribution in [-0.4, -0.2) is 137 Å². The number of esters is 3. The minimum Gasteiger partial charge on any atom is -0.481 e. The molecule has 0 radical (unpaired) electrons. The molecule has 3 N–H and O–H groups in total. The fraction of sp³-hybridized carbons (Fsp3) is 0.568. The number of ether oxygens (including phenoxy) is 3. The third kappa shape index (κ3) is 17.2. The van der Waals surface area contributed by atoms with E-state index in [1.54, 1.807) is 26.0 Å². The van der Waals surface area contributed by atoms with Crippen LogP contribution in [0, 0.1) is 20.8 Å². The third-order valence-corrected chi connectivity index (χ3v) is 12.2. The van der Waals surface area contributed by atoms with Gasteiger partial charge in [-0.05, 0) is 128 Å². The minimum absolute atomic E-state index is 0. The van der Waals surface area contributed by atoms with E-state index in [1.807, 2.05) is 90.0 Å². The van der Waals surface area contributed by atoms with Crippen molar-refractivity contribution in [3.63, 3.8) is 0 Å². The summed E-state index contributed by atoms with van der Waals surface area (Å²) < 4.78 is 49.6. The number of hydrogen-bond acceptors (Lipinski definition) is 18. The molecule has 3 aliphatic heterocycles. The van der Waals surface area contributed by atoms with E-state index in [0.717, 1.165) is 18.3 Å². The molecule has 0 amide bonds. The summed E-state index contributed by atoms with van der Waals surface area (Å²) in [7, 11) is 0.610. The van der Waals surface area contributed by atoms with Crippen molar-refractivity contribution < 1.29 is 128 Å². The van der Waals surface area contributed by atoms with E-state index < -0.39 is 63.3 Å². The quantitative estimate of drug-likeness (QED) is 0.180. The predicted octanol–water partition coefficient (Wildman–Crippen LogP) is 1.51. The fourth-order valence-corrected chi connectivity index (χ4v) is 6.17. The molecule has 3 aromatic rings. The van der Waals surface area contributed by atoms with Crippen LogP contribution in [0.25, 0.3) is 0 Å². The first-order valence-corrected chi connectivity index (χ1v) is 21.8. The van der Waals surface area contributed by atoms with Crippen LogP contribution < -0.4 is 62.3 Å². The zero-order valence-corrected chi connectivity index (χ0v) is 47.5. The number of halogens is 1. The first-order chi connectivity index (χ1) is 31.0. The largest absolute Gasteiger partial charge is 1.00 e. The van der Waals surface area contributed by atoms with Gasteiger partial charge in [-0.15, -0.1) is 0 Å². The molecule has 0 aliphatic carbocycles. The van der Waals surface area contributed by atoms with E-state index in [0.29, 0.717) is 27.3 Å². The van der Waals surface area contributed by atoms with Crippen molar-refractivity contribution in [2.75, 3.05) is 21.3 Å². The minimum atomic E-state index is -1.70. The average molecular weight is 1010 g/mol. The fourth-order valence-electron chi connectivity index (χ4n) is 5.89. The molecule has 6 heterocycles. The molecule has 0 unspecified atom stereocenters. The van der Waals surface area contributed by atoms with Gasteiger partial charge in [0.25, 0.3) is 5.97 Å². The Kier molecular flexibility index (Phi) is 23.9. The van der Waals surface area contributed by atoms with Crippen molar-refractivity contribution in [3.05, 3.63) is 75.6 Å². The summed E-state index contributed by atoms with van der Waals surface area (Å²) >= 11 is 5.76. The summed E-state index contributed by atoms with van der Waals surface area (Å²) in [4.78, 5) is 54.9. The Balaban J connectivity index is 0.000000453. The first-order valence-electron chi connectivity index (χ1n) is 21.4. The SMILES string of the molecule is CC(=O)O.CC1(C)OB(B2OC(C)(C)C(C)(C)O2)OC1(C)C.COC(=O)c1cnc(C)cc1B(O)O.COC(=O)c1cnc(C)cc1B1OC(C)(C)C(C)(C)O1.COC(=O)c1cnc(C)cc1Cl.[K+]. The Morgan fingerprint density at radius 2 is 0.841 bits per heavy atom. The molecule has 6 rings (SSSR count). The van der Waals surface area contributed by atoms with Crippen LogP contribution in [0.4, 0.5) is 0 Å². The Labute approximate surface area is 455 Å². The van der Waals surface area contributed by atoms with Gasteiger partial charge in [0.2, 0.25) is 0 Å². The van der Waals surface area contributed by atoms with Crippen molar-refractivity contribution in [3.8, 4) is 0 Å². The number of rotatable bonds is 6. The van der Waals surface area contributed by atoms with Crippen LogP contribution in [0.15, 0.2) is 36.8 Å². The summed E-state index contributed by atoms with van der Waals surface area (Å²) in [5.41, 5.74) is 1.30. The first kappa shape index (κ1) is 64.2. The van der Waals surface area contributed by atoms with Crippen LogP contribution in [0.2, 0.25) is 5.02 Å². The molecule has 3 aliphatic rings. The monoisotopic (exact) mass is 1010 g/mol. The number of hydrogen-bond donors (Lipinski definition) is 3. The third-order valence-electron chi connectivity index (χ3n) is 11.9. The number of pyridine rings is 3. The summed E-state index contributed by atoms with van der Waals surface area (Å²) in [6, 6.07) is 4.85. The number of methoxy groups -OCH3 is 3. The molecule has 19 nitrogen and oxygen atoms in total. The van der Waals surface area contributed by atoms with E-state index in [9.17, 15) is 14.4 Å². The number of carbonyl (C=O) groups is 4. The molecule has 3 aromatic heterocycles. The maximum atomic E-state index is 11.9. The van der Waals surface area contributed by atoms with E-state index >= 15 is 0 Å².